The Bertz CT molecular complexity index is 576. The molecule has 0 fully saturated rings. The van der Waals surface area contributed by atoms with Gasteiger partial charge < -0.3 is 4.90 Å². The van der Waals surface area contributed by atoms with Gasteiger partial charge in [0, 0.05) is 30.9 Å². The minimum Gasteiger partial charge on any atom is -0.378 e. The summed E-state index contributed by atoms with van der Waals surface area (Å²) in [6.07, 6.45) is 1.63. The second-order valence-electron chi connectivity index (χ2n) is 4.20. The zero-order chi connectivity index (χ0) is 13.7. The molecule has 2 rings (SSSR count). The highest BCUT2D eigenvalue weighted by Gasteiger charge is 2.05. The highest BCUT2D eigenvalue weighted by Crippen LogP contribution is 2.13. The van der Waals surface area contributed by atoms with Crippen molar-refractivity contribution in [3.8, 4) is 0 Å². The zero-order valence-electron chi connectivity index (χ0n) is 10.8. The lowest BCUT2D eigenvalue weighted by Crippen LogP contribution is -2.18. The van der Waals surface area contributed by atoms with Crippen LogP contribution in [0.1, 0.15) is 15.9 Å². The molecule has 0 aliphatic carbocycles. The van der Waals surface area contributed by atoms with Crippen LogP contribution in [0.25, 0.3) is 0 Å². The van der Waals surface area contributed by atoms with E-state index in [0.29, 0.717) is 5.56 Å². The molecule has 1 N–H and O–H groups in total. The lowest BCUT2D eigenvalue weighted by molar-refractivity contribution is 0.0955. The number of anilines is 1. The van der Waals surface area contributed by atoms with Gasteiger partial charge in [-0.1, -0.05) is 6.07 Å². The lowest BCUT2D eigenvalue weighted by atomic mass is 10.2. The van der Waals surface area contributed by atoms with Crippen LogP contribution in [0, 0.1) is 0 Å². The van der Waals surface area contributed by atoms with E-state index in [4.69, 9.17) is 0 Å². The van der Waals surface area contributed by atoms with Crippen LogP contribution in [0.2, 0.25) is 0 Å². The first kappa shape index (κ1) is 13.3. The number of thiophene rings is 1. The molecule has 0 unspecified atom stereocenters. The molecule has 98 valence electrons. The van der Waals surface area contributed by atoms with Crippen molar-refractivity contribution in [2.24, 2.45) is 5.10 Å². The zero-order valence-corrected chi connectivity index (χ0v) is 11.6. The number of carbonyl (C=O) groups is 1. The molecule has 0 saturated carbocycles. The molecule has 4 nitrogen and oxygen atoms in total. The van der Waals surface area contributed by atoms with Gasteiger partial charge in [-0.3, -0.25) is 4.79 Å². The van der Waals surface area contributed by atoms with Crippen LogP contribution in [-0.4, -0.2) is 26.2 Å². The van der Waals surface area contributed by atoms with Gasteiger partial charge in [-0.05, 0) is 35.0 Å². The lowest BCUT2D eigenvalue weighted by Gasteiger charge is -2.12. The normalized spacial score (nSPS) is 10.6. The van der Waals surface area contributed by atoms with E-state index >= 15 is 0 Å². The quantitative estimate of drug-likeness (QED) is 0.687. The maximum absolute atomic E-state index is 11.9. The number of hydrogen-bond acceptors (Lipinski definition) is 4. The summed E-state index contributed by atoms with van der Waals surface area (Å²) in [6, 6.07) is 9.34. The summed E-state index contributed by atoms with van der Waals surface area (Å²) in [7, 11) is 3.87. The molecule has 0 bridgehead atoms. The minimum atomic E-state index is -0.213. The first-order chi connectivity index (χ1) is 9.16. The molecule has 19 heavy (non-hydrogen) atoms. The van der Waals surface area contributed by atoms with Gasteiger partial charge in [0.1, 0.15) is 0 Å². The molecule has 1 aromatic heterocycles. The predicted octanol–water partition coefficient (Wildman–Crippen LogP) is 2.58. The molecule has 0 radical (unpaired) electrons. The van der Waals surface area contributed by atoms with Crippen molar-refractivity contribution in [3.05, 3.63) is 52.2 Å². The summed E-state index contributed by atoms with van der Waals surface area (Å²) in [4.78, 5) is 13.9. The summed E-state index contributed by atoms with van der Waals surface area (Å²) in [6.45, 7) is 0. The topological polar surface area (TPSA) is 44.7 Å². The van der Waals surface area contributed by atoms with E-state index in [0.717, 1.165) is 11.3 Å². The van der Waals surface area contributed by atoms with Gasteiger partial charge in [0.2, 0.25) is 0 Å². The maximum atomic E-state index is 11.9. The monoisotopic (exact) mass is 273 g/mol. The number of rotatable bonds is 4. The number of nitrogens with zero attached hydrogens (tertiary/aromatic N) is 2. The summed E-state index contributed by atoms with van der Waals surface area (Å²) >= 11 is 1.59. The molecule has 0 spiro atoms. The summed E-state index contributed by atoms with van der Waals surface area (Å²) in [5.74, 6) is -0.213. The molecular formula is C14H15N3OS. The van der Waals surface area contributed by atoms with Crippen molar-refractivity contribution in [2.75, 3.05) is 19.0 Å². The van der Waals surface area contributed by atoms with E-state index in [1.54, 1.807) is 23.6 Å². The third-order valence-corrected chi connectivity index (χ3v) is 3.25. The van der Waals surface area contributed by atoms with Crippen LogP contribution in [0.4, 0.5) is 5.69 Å². The van der Waals surface area contributed by atoms with Crippen molar-refractivity contribution in [1.29, 1.82) is 0 Å². The number of amides is 1. The van der Waals surface area contributed by atoms with Crippen molar-refractivity contribution >= 4 is 29.1 Å². The number of hydrazone groups is 1. The molecular weight excluding hydrogens is 258 g/mol. The molecule has 2 aromatic rings. The third kappa shape index (κ3) is 3.66. The van der Waals surface area contributed by atoms with Crippen LogP contribution >= 0.6 is 11.3 Å². The van der Waals surface area contributed by atoms with Gasteiger partial charge in [0.15, 0.2) is 0 Å². The van der Waals surface area contributed by atoms with E-state index < -0.39 is 0 Å². The second kappa shape index (κ2) is 6.15. The predicted molar refractivity (Wildman–Crippen MR) is 80.1 cm³/mol. The molecule has 0 saturated heterocycles. The Morgan fingerprint density at radius 2 is 2.21 bits per heavy atom. The first-order valence-electron chi connectivity index (χ1n) is 5.80. The van der Waals surface area contributed by atoms with Gasteiger partial charge in [-0.2, -0.15) is 16.4 Å². The Morgan fingerprint density at radius 1 is 1.37 bits per heavy atom. The van der Waals surface area contributed by atoms with Crippen LogP contribution in [0.5, 0.6) is 0 Å². The standard InChI is InChI=1S/C14H15N3OS/c1-17(2)13-5-3-4-12(8-13)14(18)16-15-9-11-6-7-19-10-11/h3-10H,1-2H3,(H,16,18). The van der Waals surface area contributed by atoms with Gasteiger partial charge >= 0.3 is 0 Å². The Hall–Kier alpha value is -2.14. The number of benzene rings is 1. The van der Waals surface area contributed by atoms with Crippen LogP contribution < -0.4 is 10.3 Å². The Morgan fingerprint density at radius 3 is 2.89 bits per heavy atom. The fourth-order valence-electron chi connectivity index (χ4n) is 1.50. The molecule has 0 aliphatic rings. The molecule has 1 heterocycles. The highest BCUT2D eigenvalue weighted by atomic mass is 32.1. The number of hydrogen-bond donors (Lipinski definition) is 1. The van der Waals surface area contributed by atoms with Gasteiger partial charge in [0.25, 0.3) is 5.91 Å². The summed E-state index contributed by atoms with van der Waals surface area (Å²) in [5.41, 5.74) is 5.07. The Kier molecular flexibility index (Phi) is 4.30. The summed E-state index contributed by atoms with van der Waals surface area (Å²) in [5, 5.41) is 7.86. The average molecular weight is 273 g/mol. The fraction of sp³-hybridized carbons (Fsp3) is 0.143. The van der Waals surface area contributed by atoms with Crippen LogP contribution in [0.3, 0.4) is 0 Å². The maximum Gasteiger partial charge on any atom is 0.271 e. The van der Waals surface area contributed by atoms with Gasteiger partial charge in [-0.15, -0.1) is 0 Å². The highest BCUT2D eigenvalue weighted by molar-refractivity contribution is 7.08. The van der Waals surface area contributed by atoms with Crippen molar-refractivity contribution in [3.63, 3.8) is 0 Å². The Labute approximate surface area is 116 Å². The first-order valence-corrected chi connectivity index (χ1v) is 6.74. The van der Waals surface area contributed by atoms with Crippen molar-refractivity contribution in [1.82, 2.24) is 5.43 Å². The SMILES string of the molecule is CN(C)c1cccc(C(=O)NN=Cc2ccsc2)c1. The van der Waals surface area contributed by atoms with Gasteiger partial charge in [0.05, 0.1) is 6.21 Å². The molecule has 1 aromatic carbocycles. The fourth-order valence-corrected chi connectivity index (χ4v) is 2.11. The average Bonchev–Trinajstić information content (AvgIpc) is 2.92. The minimum absolute atomic E-state index is 0.213. The molecule has 1 amide bonds. The molecule has 0 atom stereocenters. The Balaban J connectivity index is 2.02. The number of nitrogens with one attached hydrogen (secondary N) is 1. The van der Waals surface area contributed by atoms with Crippen molar-refractivity contribution < 1.29 is 4.79 Å². The smallest absolute Gasteiger partial charge is 0.271 e. The van der Waals surface area contributed by atoms with Crippen LogP contribution in [-0.2, 0) is 0 Å². The summed E-state index contributed by atoms with van der Waals surface area (Å²) < 4.78 is 0. The van der Waals surface area contributed by atoms with E-state index in [9.17, 15) is 4.79 Å². The van der Waals surface area contributed by atoms with E-state index in [1.807, 2.05) is 54.0 Å². The molecule has 5 heteroatoms. The third-order valence-electron chi connectivity index (χ3n) is 2.55. The van der Waals surface area contributed by atoms with Crippen molar-refractivity contribution in [2.45, 2.75) is 0 Å². The number of carbonyl (C=O) groups excluding carboxylic acids is 1. The van der Waals surface area contributed by atoms with Crippen LogP contribution in [0.15, 0.2) is 46.2 Å². The van der Waals surface area contributed by atoms with E-state index in [-0.39, 0.29) is 5.91 Å². The van der Waals surface area contributed by atoms with E-state index in [2.05, 4.69) is 10.5 Å². The molecule has 0 aliphatic heterocycles. The van der Waals surface area contributed by atoms with E-state index in [1.165, 1.54) is 0 Å². The second-order valence-corrected chi connectivity index (χ2v) is 4.98. The van der Waals surface area contributed by atoms with Gasteiger partial charge in [-0.25, -0.2) is 5.43 Å². The largest absolute Gasteiger partial charge is 0.378 e.